The van der Waals surface area contributed by atoms with Gasteiger partial charge in [-0.1, -0.05) is 6.08 Å². The first-order valence-corrected chi connectivity index (χ1v) is 4.91. The summed E-state index contributed by atoms with van der Waals surface area (Å²) >= 11 is 3.05. The van der Waals surface area contributed by atoms with Gasteiger partial charge in [0.2, 0.25) is 0 Å². The fraction of sp³-hybridized carbons (Fsp3) is 0.222. The van der Waals surface area contributed by atoms with Crippen LogP contribution in [0.3, 0.4) is 0 Å². The highest BCUT2D eigenvalue weighted by Crippen LogP contribution is 1.99. The van der Waals surface area contributed by atoms with Gasteiger partial charge in [0.25, 0.3) is 5.56 Å². The van der Waals surface area contributed by atoms with E-state index in [0.29, 0.717) is 4.47 Å². The number of hydrogen-bond acceptors (Lipinski definition) is 3. The third-order valence-electron chi connectivity index (χ3n) is 1.79. The molecule has 0 amide bonds. The molecule has 0 aliphatic rings. The van der Waals surface area contributed by atoms with E-state index in [1.165, 1.54) is 30.1 Å². The molecule has 0 aliphatic heterocycles. The van der Waals surface area contributed by atoms with E-state index in [0.717, 1.165) is 0 Å². The Labute approximate surface area is 94.2 Å². The van der Waals surface area contributed by atoms with E-state index in [4.69, 9.17) is 5.11 Å². The maximum absolute atomic E-state index is 11.5. The van der Waals surface area contributed by atoms with Crippen molar-refractivity contribution in [2.45, 2.75) is 13.5 Å². The first-order valence-electron chi connectivity index (χ1n) is 4.12. The Bertz CT molecular complexity index is 465. The molecule has 0 aromatic carbocycles. The molecular formula is C9H9BrN2O3. The molecule has 0 bridgehead atoms. The largest absolute Gasteiger partial charge is 0.478 e. The van der Waals surface area contributed by atoms with E-state index in [1.807, 2.05) is 0 Å². The number of halogens is 1. The molecule has 1 aromatic rings. The van der Waals surface area contributed by atoms with Gasteiger partial charge >= 0.3 is 5.97 Å². The SMILES string of the molecule is CC(=CCn1cncc(Br)c1=O)C(=O)O. The second kappa shape index (κ2) is 4.88. The molecule has 5 nitrogen and oxygen atoms in total. The maximum atomic E-state index is 11.5. The summed E-state index contributed by atoms with van der Waals surface area (Å²) in [5, 5.41) is 8.60. The topological polar surface area (TPSA) is 72.2 Å². The fourth-order valence-electron chi connectivity index (χ4n) is 0.877. The molecule has 80 valence electrons. The van der Waals surface area contributed by atoms with Gasteiger partial charge in [0.05, 0.1) is 6.33 Å². The number of rotatable bonds is 3. The standard InChI is InChI=1S/C9H9BrN2O3/c1-6(9(14)15)2-3-12-5-11-4-7(10)8(12)13/h2,4-5H,3H2,1H3,(H,14,15). The van der Waals surface area contributed by atoms with Crippen molar-refractivity contribution in [1.82, 2.24) is 9.55 Å². The highest BCUT2D eigenvalue weighted by Gasteiger charge is 2.01. The Morgan fingerprint density at radius 3 is 3.00 bits per heavy atom. The minimum absolute atomic E-state index is 0.196. The highest BCUT2D eigenvalue weighted by atomic mass is 79.9. The number of hydrogen-bond donors (Lipinski definition) is 1. The van der Waals surface area contributed by atoms with Gasteiger partial charge in [0, 0.05) is 18.3 Å². The van der Waals surface area contributed by atoms with Gasteiger partial charge in [-0.15, -0.1) is 0 Å². The number of aromatic nitrogens is 2. The van der Waals surface area contributed by atoms with Crippen LogP contribution < -0.4 is 5.56 Å². The second-order valence-corrected chi connectivity index (χ2v) is 3.75. The van der Waals surface area contributed by atoms with Gasteiger partial charge in [-0.2, -0.15) is 0 Å². The molecule has 15 heavy (non-hydrogen) atoms. The van der Waals surface area contributed by atoms with Crippen LogP contribution >= 0.6 is 15.9 Å². The predicted molar refractivity (Wildman–Crippen MR) is 57.6 cm³/mol. The monoisotopic (exact) mass is 272 g/mol. The molecule has 6 heteroatoms. The van der Waals surface area contributed by atoms with Crippen molar-refractivity contribution in [2.24, 2.45) is 0 Å². The number of nitrogens with zero attached hydrogens (tertiary/aromatic N) is 2. The molecule has 1 aromatic heterocycles. The molecule has 0 radical (unpaired) electrons. The van der Waals surface area contributed by atoms with Crippen molar-refractivity contribution >= 4 is 21.9 Å². The fourth-order valence-corrected chi connectivity index (χ4v) is 1.22. The summed E-state index contributed by atoms with van der Waals surface area (Å²) in [7, 11) is 0. The van der Waals surface area contributed by atoms with E-state index in [-0.39, 0.29) is 17.7 Å². The van der Waals surface area contributed by atoms with Gasteiger partial charge < -0.3 is 5.11 Å². The lowest BCUT2D eigenvalue weighted by Gasteiger charge is -2.01. The van der Waals surface area contributed by atoms with Crippen molar-refractivity contribution < 1.29 is 9.90 Å². The Morgan fingerprint density at radius 1 is 1.73 bits per heavy atom. The molecule has 0 spiro atoms. The van der Waals surface area contributed by atoms with E-state index in [1.54, 1.807) is 0 Å². The summed E-state index contributed by atoms with van der Waals surface area (Å²) in [4.78, 5) is 25.7. The summed E-state index contributed by atoms with van der Waals surface area (Å²) in [6, 6.07) is 0. The van der Waals surface area contributed by atoms with Crippen LogP contribution in [0, 0.1) is 0 Å². The van der Waals surface area contributed by atoms with Gasteiger partial charge in [-0.05, 0) is 22.9 Å². The average Bonchev–Trinajstić information content (AvgIpc) is 2.19. The van der Waals surface area contributed by atoms with Crippen molar-refractivity contribution in [3.63, 3.8) is 0 Å². The van der Waals surface area contributed by atoms with Crippen LogP contribution in [0.2, 0.25) is 0 Å². The minimum Gasteiger partial charge on any atom is -0.478 e. The number of carboxylic acids is 1. The molecule has 0 saturated heterocycles. The Hall–Kier alpha value is -1.43. The molecule has 0 aliphatic carbocycles. The summed E-state index contributed by atoms with van der Waals surface area (Å²) in [5.74, 6) is -0.994. The lowest BCUT2D eigenvalue weighted by molar-refractivity contribution is -0.132. The molecule has 1 heterocycles. The van der Waals surface area contributed by atoms with E-state index in [2.05, 4.69) is 20.9 Å². The average molecular weight is 273 g/mol. The third-order valence-corrected chi connectivity index (χ3v) is 2.33. The number of aliphatic carboxylic acids is 1. The molecular weight excluding hydrogens is 264 g/mol. The van der Waals surface area contributed by atoms with E-state index < -0.39 is 5.97 Å². The zero-order valence-corrected chi connectivity index (χ0v) is 9.56. The summed E-state index contributed by atoms with van der Waals surface area (Å²) < 4.78 is 1.67. The second-order valence-electron chi connectivity index (χ2n) is 2.89. The van der Waals surface area contributed by atoms with Crippen LogP contribution in [0.25, 0.3) is 0 Å². The van der Waals surface area contributed by atoms with Crippen LogP contribution in [0.15, 0.2) is 33.4 Å². The van der Waals surface area contributed by atoms with Gasteiger partial charge in [0.1, 0.15) is 4.47 Å². The van der Waals surface area contributed by atoms with E-state index >= 15 is 0 Å². The van der Waals surface area contributed by atoms with Crippen LogP contribution in [0.5, 0.6) is 0 Å². The first-order chi connectivity index (χ1) is 7.02. The zero-order chi connectivity index (χ0) is 11.4. The number of carbonyl (C=O) groups is 1. The minimum atomic E-state index is -0.994. The smallest absolute Gasteiger partial charge is 0.331 e. The molecule has 0 saturated carbocycles. The zero-order valence-electron chi connectivity index (χ0n) is 7.98. The van der Waals surface area contributed by atoms with Gasteiger partial charge in [0.15, 0.2) is 0 Å². The lowest BCUT2D eigenvalue weighted by Crippen LogP contribution is -2.20. The van der Waals surface area contributed by atoms with Gasteiger partial charge in [-0.25, -0.2) is 9.78 Å². The van der Waals surface area contributed by atoms with Crippen LogP contribution in [0.4, 0.5) is 0 Å². The van der Waals surface area contributed by atoms with Crippen LogP contribution in [0.1, 0.15) is 6.92 Å². The predicted octanol–water partition coefficient (Wildman–Crippen LogP) is 1.04. The van der Waals surface area contributed by atoms with Crippen LogP contribution in [-0.2, 0) is 11.3 Å². The summed E-state index contributed by atoms with van der Waals surface area (Å²) in [6.07, 6.45) is 4.21. The quantitative estimate of drug-likeness (QED) is 0.835. The van der Waals surface area contributed by atoms with E-state index in [9.17, 15) is 9.59 Å². The number of carboxylic acid groups (broad SMARTS) is 1. The summed E-state index contributed by atoms with van der Waals surface area (Å²) in [5.41, 5.74) is -0.0404. The molecule has 0 fully saturated rings. The normalized spacial score (nSPS) is 11.5. The van der Waals surface area contributed by atoms with Crippen molar-refractivity contribution in [2.75, 3.05) is 0 Å². The van der Waals surface area contributed by atoms with Crippen molar-refractivity contribution in [1.29, 1.82) is 0 Å². The number of allylic oxidation sites excluding steroid dienone is 1. The Morgan fingerprint density at radius 2 is 2.40 bits per heavy atom. The molecule has 0 atom stereocenters. The molecule has 1 rings (SSSR count). The van der Waals surface area contributed by atoms with Crippen LogP contribution in [-0.4, -0.2) is 20.6 Å². The molecule has 0 unspecified atom stereocenters. The highest BCUT2D eigenvalue weighted by molar-refractivity contribution is 9.10. The molecule has 1 N–H and O–H groups in total. The first kappa shape index (κ1) is 11.6. The van der Waals surface area contributed by atoms with Crippen molar-refractivity contribution in [3.8, 4) is 0 Å². The van der Waals surface area contributed by atoms with Gasteiger partial charge in [-0.3, -0.25) is 9.36 Å². The lowest BCUT2D eigenvalue weighted by atomic mass is 10.3. The Kier molecular flexibility index (Phi) is 3.79. The Balaban J connectivity index is 2.92. The van der Waals surface area contributed by atoms with Crippen molar-refractivity contribution in [3.05, 3.63) is 39.0 Å². The third kappa shape index (κ3) is 3.02. The summed E-state index contributed by atoms with van der Waals surface area (Å²) in [6.45, 7) is 1.67. The maximum Gasteiger partial charge on any atom is 0.331 e.